The summed E-state index contributed by atoms with van der Waals surface area (Å²) in [5.41, 5.74) is 2.99. The van der Waals surface area contributed by atoms with E-state index in [9.17, 15) is 8.42 Å². The van der Waals surface area contributed by atoms with Crippen molar-refractivity contribution in [3.05, 3.63) is 76.3 Å². The Balaban J connectivity index is 1.84. The molecule has 1 fully saturated rings. The van der Waals surface area contributed by atoms with Crippen LogP contribution in [-0.4, -0.2) is 20.7 Å². The number of hydrogen-bond acceptors (Lipinski definition) is 4. The lowest BCUT2D eigenvalue weighted by Crippen LogP contribution is -2.33. The van der Waals surface area contributed by atoms with E-state index in [-0.39, 0.29) is 12.0 Å². The van der Waals surface area contributed by atoms with E-state index in [1.807, 2.05) is 36.4 Å². The van der Waals surface area contributed by atoms with Crippen LogP contribution in [0.5, 0.6) is 5.75 Å². The largest absolute Gasteiger partial charge is 0.428 e. The molecule has 0 aromatic heterocycles. The Morgan fingerprint density at radius 1 is 1.15 bits per heavy atom. The van der Waals surface area contributed by atoms with Crippen LogP contribution in [0.25, 0.3) is 0 Å². The molecule has 2 aromatic rings. The zero-order valence-corrected chi connectivity index (χ0v) is 16.2. The molecular weight excluding hydrogens is 418 g/mol. The fourth-order valence-electron chi connectivity index (χ4n) is 3.37. The van der Waals surface area contributed by atoms with Crippen molar-refractivity contribution in [3.8, 4) is 5.75 Å². The second-order valence-electron chi connectivity index (χ2n) is 6.33. The van der Waals surface area contributed by atoms with Crippen LogP contribution in [0, 0.1) is 5.92 Å². The van der Waals surface area contributed by atoms with Gasteiger partial charge in [-0.3, -0.25) is 0 Å². The fourth-order valence-corrected chi connectivity index (χ4v) is 4.67. The van der Waals surface area contributed by atoms with Gasteiger partial charge in [0.1, 0.15) is 0 Å². The maximum absolute atomic E-state index is 12.2. The quantitative estimate of drug-likeness (QED) is 0.665. The Labute approximate surface area is 160 Å². The lowest BCUT2D eigenvalue weighted by Gasteiger charge is -2.35. The van der Waals surface area contributed by atoms with Crippen molar-refractivity contribution in [3.63, 3.8) is 0 Å². The third-order valence-corrected chi connectivity index (χ3v) is 5.74. The van der Waals surface area contributed by atoms with Crippen LogP contribution in [0.3, 0.4) is 0 Å². The Hall–Kier alpha value is -1.96. The normalized spacial score (nSPS) is 24.3. The number of halogens is 1. The van der Waals surface area contributed by atoms with Gasteiger partial charge in [-0.25, -0.2) is 0 Å². The molecule has 7 heteroatoms. The number of nitrogens with zero attached hydrogens (tertiary/aromatic N) is 1. The van der Waals surface area contributed by atoms with E-state index < -0.39 is 10.3 Å². The molecule has 5 nitrogen and oxygen atoms in total. The van der Waals surface area contributed by atoms with Gasteiger partial charge in [-0.05, 0) is 36.2 Å². The van der Waals surface area contributed by atoms with Gasteiger partial charge < -0.3 is 8.92 Å². The van der Waals surface area contributed by atoms with Crippen LogP contribution < -0.4 is 4.18 Å². The van der Waals surface area contributed by atoms with Gasteiger partial charge in [0.25, 0.3) is 0 Å². The molecule has 0 bridgehead atoms. The lowest BCUT2D eigenvalue weighted by atomic mass is 9.81. The molecule has 134 valence electrons. The van der Waals surface area contributed by atoms with E-state index >= 15 is 0 Å². The molecule has 1 unspecified atom stereocenters. The first-order valence-electron chi connectivity index (χ1n) is 8.10. The van der Waals surface area contributed by atoms with Crippen LogP contribution in [0.4, 0.5) is 0 Å². The Bertz CT molecular complexity index is 1020. The van der Waals surface area contributed by atoms with Crippen molar-refractivity contribution in [2.24, 2.45) is 10.3 Å². The first-order chi connectivity index (χ1) is 12.4. The molecule has 0 aliphatic carbocycles. The average Bonchev–Trinajstić information content (AvgIpc) is 2.60. The molecule has 0 spiro atoms. The van der Waals surface area contributed by atoms with Crippen LogP contribution in [0.2, 0.25) is 0 Å². The third kappa shape index (κ3) is 3.34. The molecular formula is C19H16BrNO4S. The molecule has 0 N–H and O–H groups in total. The Kier molecular flexibility index (Phi) is 4.46. The minimum Gasteiger partial charge on any atom is -0.368 e. The number of fused-ring (bicyclic) bond motifs is 1. The monoisotopic (exact) mass is 433 g/mol. The highest BCUT2D eigenvalue weighted by Crippen LogP contribution is 2.41. The molecule has 2 aliphatic heterocycles. The molecule has 1 saturated heterocycles. The lowest BCUT2D eigenvalue weighted by molar-refractivity contribution is 0.0209. The third-order valence-electron chi connectivity index (χ3n) is 4.44. The molecule has 2 atom stereocenters. The summed E-state index contributed by atoms with van der Waals surface area (Å²) in [6.45, 7) is 4.46. The molecule has 2 heterocycles. The van der Waals surface area contributed by atoms with Gasteiger partial charge in [-0.15, -0.1) is 4.40 Å². The van der Waals surface area contributed by atoms with E-state index in [2.05, 4.69) is 26.9 Å². The summed E-state index contributed by atoms with van der Waals surface area (Å²) < 4.78 is 40.3. The van der Waals surface area contributed by atoms with Gasteiger partial charge in [0.15, 0.2) is 5.75 Å². The Morgan fingerprint density at radius 3 is 2.77 bits per heavy atom. The average molecular weight is 434 g/mol. The molecule has 4 rings (SSSR count). The first-order valence-corrected chi connectivity index (χ1v) is 10.3. The second-order valence-corrected chi connectivity index (χ2v) is 8.45. The summed E-state index contributed by atoms with van der Waals surface area (Å²) in [4.78, 5) is 0. The number of rotatable bonds is 2. The first kappa shape index (κ1) is 17.5. The van der Waals surface area contributed by atoms with Crippen molar-refractivity contribution < 1.29 is 17.3 Å². The summed E-state index contributed by atoms with van der Waals surface area (Å²) in [7, 11) is -4.03. The van der Waals surface area contributed by atoms with Crippen molar-refractivity contribution in [1.82, 2.24) is 0 Å². The van der Waals surface area contributed by atoms with Crippen LogP contribution in [-0.2, 0) is 15.0 Å². The highest BCUT2D eigenvalue weighted by molar-refractivity contribution is 9.10. The van der Waals surface area contributed by atoms with E-state index in [1.165, 1.54) is 0 Å². The maximum atomic E-state index is 12.2. The number of ether oxygens (including phenoxy) is 1. The standard InChI is InChI=1S/C19H16BrNO4S/c1-12-9-16(19(24-11-12)13-5-4-6-14(20)10-13)18-15-7-2-3-8-17(15)25-26(22,23)21-18/h2-8,10,16,19H,1,9,11H2/t16?,19-/m1/s1. The smallest absolute Gasteiger partial charge is 0.368 e. The number of benzene rings is 2. The second kappa shape index (κ2) is 6.64. The maximum Gasteiger partial charge on any atom is 0.428 e. The summed E-state index contributed by atoms with van der Waals surface area (Å²) in [5, 5.41) is 0. The molecule has 0 saturated carbocycles. The number of hydrogen-bond donors (Lipinski definition) is 0. The van der Waals surface area contributed by atoms with E-state index in [0.717, 1.165) is 15.6 Å². The van der Waals surface area contributed by atoms with Gasteiger partial charge in [-0.1, -0.05) is 52.3 Å². The van der Waals surface area contributed by atoms with Crippen molar-refractivity contribution in [1.29, 1.82) is 0 Å². The van der Waals surface area contributed by atoms with Crippen LogP contribution >= 0.6 is 15.9 Å². The van der Waals surface area contributed by atoms with Gasteiger partial charge in [-0.2, -0.15) is 8.42 Å². The topological polar surface area (TPSA) is 65.0 Å². The van der Waals surface area contributed by atoms with Crippen LogP contribution in [0.15, 0.2) is 69.6 Å². The molecule has 26 heavy (non-hydrogen) atoms. The highest BCUT2D eigenvalue weighted by Gasteiger charge is 2.38. The van der Waals surface area contributed by atoms with E-state index in [1.54, 1.807) is 12.1 Å². The number of para-hydroxylation sites is 1. The molecule has 0 radical (unpaired) electrons. The van der Waals surface area contributed by atoms with Gasteiger partial charge in [0, 0.05) is 16.0 Å². The van der Waals surface area contributed by atoms with Crippen LogP contribution in [0.1, 0.15) is 23.7 Å². The molecule has 2 aromatic carbocycles. The Morgan fingerprint density at radius 2 is 1.96 bits per heavy atom. The van der Waals surface area contributed by atoms with Gasteiger partial charge >= 0.3 is 10.3 Å². The van der Waals surface area contributed by atoms with Crippen molar-refractivity contribution in [2.75, 3.05) is 6.61 Å². The zero-order chi connectivity index (χ0) is 18.3. The molecule has 0 amide bonds. The minimum atomic E-state index is -4.03. The summed E-state index contributed by atoms with van der Waals surface area (Å²) in [6, 6.07) is 14.8. The predicted molar refractivity (Wildman–Crippen MR) is 103 cm³/mol. The SMILES string of the molecule is C=C1CO[C@H](c2cccc(Br)c2)C(C2=NS(=O)(=O)Oc3ccccc32)C1. The van der Waals surface area contributed by atoms with E-state index in [4.69, 9.17) is 8.92 Å². The van der Waals surface area contributed by atoms with Gasteiger partial charge in [0.05, 0.1) is 18.4 Å². The summed E-state index contributed by atoms with van der Waals surface area (Å²) in [6.07, 6.45) is 0.276. The minimum absolute atomic E-state index is 0.273. The van der Waals surface area contributed by atoms with Crippen molar-refractivity contribution >= 4 is 31.9 Å². The summed E-state index contributed by atoms with van der Waals surface area (Å²) >= 11 is 3.48. The van der Waals surface area contributed by atoms with Gasteiger partial charge in [0.2, 0.25) is 0 Å². The highest BCUT2D eigenvalue weighted by atomic mass is 79.9. The zero-order valence-electron chi connectivity index (χ0n) is 13.8. The van der Waals surface area contributed by atoms with E-state index in [0.29, 0.717) is 30.1 Å². The molecule has 2 aliphatic rings. The fraction of sp³-hybridized carbons (Fsp3) is 0.211. The van der Waals surface area contributed by atoms with Crippen molar-refractivity contribution in [2.45, 2.75) is 12.5 Å². The summed E-state index contributed by atoms with van der Waals surface area (Å²) in [5.74, 6) is 0.0204. The predicted octanol–water partition coefficient (Wildman–Crippen LogP) is 4.21.